The molecule has 0 aliphatic heterocycles. The Labute approximate surface area is 98.2 Å². The first-order valence-corrected chi connectivity index (χ1v) is 6.03. The summed E-state index contributed by atoms with van der Waals surface area (Å²) in [6.07, 6.45) is 0.721. The highest BCUT2D eigenvalue weighted by Gasteiger charge is 2.44. The molecule has 3 nitrogen and oxygen atoms in total. The van der Waals surface area contributed by atoms with Crippen LogP contribution in [0.1, 0.15) is 47.5 Å². The average Bonchev–Trinajstić information content (AvgIpc) is 2.23. The van der Waals surface area contributed by atoms with Gasteiger partial charge in [-0.2, -0.15) is 0 Å². The largest absolute Gasteiger partial charge is 0.396 e. The monoisotopic (exact) mass is 228 g/mol. The van der Waals surface area contributed by atoms with Gasteiger partial charge in [-0.3, -0.25) is 9.59 Å². The fourth-order valence-electron chi connectivity index (χ4n) is 2.19. The molecule has 1 N–H and O–H groups in total. The maximum Gasteiger partial charge on any atom is 0.149 e. The van der Waals surface area contributed by atoms with Crippen LogP contribution < -0.4 is 0 Å². The van der Waals surface area contributed by atoms with Crippen molar-refractivity contribution >= 4 is 11.6 Å². The summed E-state index contributed by atoms with van der Waals surface area (Å²) in [7, 11) is 0. The van der Waals surface area contributed by atoms with Gasteiger partial charge in [-0.05, 0) is 12.8 Å². The van der Waals surface area contributed by atoms with Crippen molar-refractivity contribution in [3.8, 4) is 0 Å². The molecule has 0 aromatic rings. The van der Waals surface area contributed by atoms with Crippen LogP contribution in [0.25, 0.3) is 0 Å². The molecule has 3 heteroatoms. The molecule has 94 valence electrons. The van der Waals surface area contributed by atoms with Crippen LogP contribution in [-0.2, 0) is 9.59 Å². The summed E-state index contributed by atoms with van der Waals surface area (Å²) < 4.78 is 0. The third kappa shape index (κ3) is 2.91. The Bertz CT molecular complexity index is 234. The van der Waals surface area contributed by atoms with Gasteiger partial charge in [0.1, 0.15) is 11.6 Å². The normalized spacial score (nSPS) is 12.2. The van der Waals surface area contributed by atoms with Crippen LogP contribution in [0.3, 0.4) is 0 Å². The minimum absolute atomic E-state index is 0.0391. The molecule has 0 bridgehead atoms. The van der Waals surface area contributed by atoms with Gasteiger partial charge < -0.3 is 5.11 Å². The molecule has 16 heavy (non-hydrogen) atoms. The standard InChI is InChI=1S/C13H24O3/c1-6-13(7-8-14,11(15)9(2)3)12(16)10(4)5/h9-10,14H,6-8H2,1-5H3. The maximum atomic E-state index is 12.2. The van der Waals surface area contributed by atoms with E-state index in [1.54, 1.807) is 27.7 Å². The van der Waals surface area contributed by atoms with Gasteiger partial charge in [0.2, 0.25) is 0 Å². The third-order valence-corrected chi connectivity index (χ3v) is 3.13. The van der Waals surface area contributed by atoms with E-state index in [0.717, 1.165) is 0 Å². The Morgan fingerprint density at radius 3 is 1.62 bits per heavy atom. The fraction of sp³-hybridized carbons (Fsp3) is 0.846. The lowest BCUT2D eigenvalue weighted by Crippen LogP contribution is -2.44. The molecule has 0 heterocycles. The number of carbonyl (C=O) groups is 2. The van der Waals surface area contributed by atoms with Crippen molar-refractivity contribution < 1.29 is 14.7 Å². The molecule has 0 radical (unpaired) electrons. The summed E-state index contributed by atoms with van der Waals surface area (Å²) in [4.78, 5) is 24.4. The first kappa shape index (κ1) is 15.3. The smallest absolute Gasteiger partial charge is 0.149 e. The molecule has 0 fully saturated rings. The minimum atomic E-state index is -0.975. The van der Waals surface area contributed by atoms with Gasteiger partial charge in [0.25, 0.3) is 0 Å². The van der Waals surface area contributed by atoms with Crippen molar-refractivity contribution in [1.29, 1.82) is 0 Å². The summed E-state index contributed by atoms with van der Waals surface area (Å²) in [5.74, 6) is -0.422. The highest BCUT2D eigenvalue weighted by atomic mass is 16.3. The van der Waals surface area contributed by atoms with Gasteiger partial charge in [-0.25, -0.2) is 0 Å². The van der Waals surface area contributed by atoms with Gasteiger partial charge in [0, 0.05) is 18.4 Å². The van der Waals surface area contributed by atoms with E-state index in [1.165, 1.54) is 0 Å². The van der Waals surface area contributed by atoms with Crippen molar-refractivity contribution in [2.45, 2.75) is 47.5 Å². The number of ketones is 2. The van der Waals surface area contributed by atoms with Crippen LogP contribution in [0.2, 0.25) is 0 Å². The summed E-state index contributed by atoms with van der Waals surface area (Å²) >= 11 is 0. The second-order valence-electron chi connectivity index (χ2n) is 4.95. The van der Waals surface area contributed by atoms with Crippen molar-refractivity contribution in [1.82, 2.24) is 0 Å². The Hall–Kier alpha value is -0.700. The molecule has 0 spiro atoms. The predicted molar refractivity (Wildman–Crippen MR) is 64.1 cm³/mol. The van der Waals surface area contributed by atoms with E-state index in [1.807, 2.05) is 6.92 Å². The fourth-order valence-corrected chi connectivity index (χ4v) is 2.19. The molecule has 0 amide bonds. The first-order chi connectivity index (χ1) is 7.33. The SMILES string of the molecule is CCC(CCO)(C(=O)C(C)C)C(=O)C(C)C. The van der Waals surface area contributed by atoms with E-state index >= 15 is 0 Å². The lowest BCUT2D eigenvalue weighted by atomic mass is 9.68. The number of hydrogen-bond acceptors (Lipinski definition) is 3. The van der Waals surface area contributed by atoms with E-state index in [-0.39, 0.29) is 36.4 Å². The third-order valence-electron chi connectivity index (χ3n) is 3.13. The topological polar surface area (TPSA) is 54.4 Å². The van der Waals surface area contributed by atoms with E-state index in [9.17, 15) is 9.59 Å². The lowest BCUT2D eigenvalue weighted by Gasteiger charge is -2.32. The van der Waals surface area contributed by atoms with E-state index in [0.29, 0.717) is 6.42 Å². The van der Waals surface area contributed by atoms with Crippen LogP contribution >= 0.6 is 0 Å². The van der Waals surface area contributed by atoms with Crippen LogP contribution in [0.4, 0.5) is 0 Å². The number of carbonyl (C=O) groups excluding carboxylic acids is 2. The van der Waals surface area contributed by atoms with Crippen molar-refractivity contribution in [3.63, 3.8) is 0 Å². The van der Waals surface area contributed by atoms with Gasteiger partial charge in [-0.1, -0.05) is 34.6 Å². The van der Waals surface area contributed by atoms with Crippen LogP contribution in [0.15, 0.2) is 0 Å². The number of aliphatic hydroxyl groups is 1. The second kappa shape index (κ2) is 6.14. The minimum Gasteiger partial charge on any atom is -0.396 e. The van der Waals surface area contributed by atoms with Crippen molar-refractivity contribution in [2.75, 3.05) is 6.61 Å². The van der Waals surface area contributed by atoms with Crippen LogP contribution in [0, 0.1) is 17.3 Å². The maximum absolute atomic E-state index is 12.2. The van der Waals surface area contributed by atoms with Gasteiger partial charge in [-0.15, -0.1) is 0 Å². The molecule has 0 aromatic carbocycles. The van der Waals surface area contributed by atoms with Crippen LogP contribution in [-0.4, -0.2) is 23.3 Å². The van der Waals surface area contributed by atoms with Crippen molar-refractivity contribution in [3.05, 3.63) is 0 Å². The number of aliphatic hydroxyl groups excluding tert-OH is 1. The van der Waals surface area contributed by atoms with Gasteiger partial charge in [0.05, 0.1) is 5.41 Å². The molecule has 0 aliphatic carbocycles. The van der Waals surface area contributed by atoms with Gasteiger partial charge in [0.15, 0.2) is 0 Å². The van der Waals surface area contributed by atoms with Gasteiger partial charge >= 0.3 is 0 Å². The molecule has 0 saturated heterocycles. The number of Topliss-reactive ketones (excluding diaryl/α,β-unsaturated/α-hetero) is 2. The molecule has 0 unspecified atom stereocenters. The zero-order valence-electron chi connectivity index (χ0n) is 11.0. The average molecular weight is 228 g/mol. The predicted octanol–water partition coefficient (Wildman–Crippen LogP) is 2.22. The molecule has 0 aliphatic rings. The summed E-state index contributed by atoms with van der Waals surface area (Å²) in [6, 6.07) is 0. The first-order valence-electron chi connectivity index (χ1n) is 6.03. The molecule has 0 rings (SSSR count). The highest BCUT2D eigenvalue weighted by Crippen LogP contribution is 2.34. The summed E-state index contributed by atoms with van der Waals surface area (Å²) in [5, 5.41) is 9.09. The zero-order valence-corrected chi connectivity index (χ0v) is 11.0. The Morgan fingerprint density at radius 1 is 1.06 bits per heavy atom. The Balaban J connectivity index is 5.30. The molecule has 0 saturated carbocycles. The van der Waals surface area contributed by atoms with E-state index in [2.05, 4.69) is 0 Å². The van der Waals surface area contributed by atoms with E-state index in [4.69, 9.17) is 5.11 Å². The quantitative estimate of drug-likeness (QED) is 0.680. The van der Waals surface area contributed by atoms with Crippen LogP contribution in [0.5, 0.6) is 0 Å². The lowest BCUT2D eigenvalue weighted by molar-refractivity contribution is -0.146. The number of rotatable bonds is 7. The second-order valence-corrected chi connectivity index (χ2v) is 4.95. The summed E-state index contributed by atoms with van der Waals surface area (Å²) in [6.45, 7) is 8.94. The Kier molecular flexibility index (Phi) is 5.87. The molecule has 0 atom stereocenters. The summed E-state index contributed by atoms with van der Waals surface area (Å²) in [5.41, 5.74) is -0.975. The molecular weight excluding hydrogens is 204 g/mol. The highest BCUT2D eigenvalue weighted by molar-refractivity contribution is 6.08. The molecular formula is C13H24O3. The van der Waals surface area contributed by atoms with Crippen molar-refractivity contribution in [2.24, 2.45) is 17.3 Å². The Morgan fingerprint density at radius 2 is 1.44 bits per heavy atom. The molecule has 0 aromatic heterocycles. The number of hydrogen-bond donors (Lipinski definition) is 1. The zero-order chi connectivity index (χ0) is 12.9. The van der Waals surface area contributed by atoms with E-state index < -0.39 is 5.41 Å².